The molecule has 0 bridgehead atoms. The second-order valence-corrected chi connectivity index (χ2v) is 4.75. The van der Waals surface area contributed by atoms with Crippen LogP contribution in [-0.2, 0) is 0 Å². The Morgan fingerprint density at radius 1 is 1.27 bits per heavy atom. The van der Waals surface area contributed by atoms with Gasteiger partial charge in [0, 0.05) is 17.5 Å². The van der Waals surface area contributed by atoms with Gasteiger partial charge < -0.3 is 4.90 Å². The summed E-state index contributed by atoms with van der Waals surface area (Å²) in [6.07, 6.45) is 0. The van der Waals surface area contributed by atoms with Crippen LogP contribution < -0.4 is 0 Å². The van der Waals surface area contributed by atoms with E-state index in [-0.39, 0.29) is 0 Å². The first-order valence-corrected chi connectivity index (χ1v) is 5.85. The number of halogens is 1. The first-order valence-electron chi connectivity index (χ1n) is 4.32. The highest BCUT2D eigenvalue weighted by molar-refractivity contribution is 14.1. The fourth-order valence-electron chi connectivity index (χ4n) is 0.938. The molecule has 0 unspecified atom stereocenters. The Hall–Kier alpha value is 0.690. The molecule has 11 heavy (non-hydrogen) atoms. The van der Waals surface area contributed by atoms with Crippen molar-refractivity contribution >= 4 is 22.6 Å². The van der Waals surface area contributed by atoms with E-state index in [0.717, 1.165) is 11.8 Å². The Morgan fingerprint density at radius 3 is 2.18 bits per heavy atom. The largest absolute Gasteiger partial charge is 0.305 e. The maximum atomic E-state index is 2.43. The van der Waals surface area contributed by atoms with Crippen molar-refractivity contribution in [2.45, 2.75) is 20.8 Å². The lowest BCUT2D eigenvalue weighted by Crippen LogP contribution is -2.28. The molecule has 0 aromatic carbocycles. The molecule has 0 aliphatic rings. The van der Waals surface area contributed by atoms with Crippen molar-refractivity contribution in [2.24, 2.45) is 11.8 Å². The molecule has 0 saturated heterocycles. The summed E-state index contributed by atoms with van der Waals surface area (Å²) in [5.74, 6) is 1.63. The van der Waals surface area contributed by atoms with Crippen molar-refractivity contribution in [3.8, 4) is 0 Å². The average molecular weight is 269 g/mol. The molecule has 1 nitrogen and oxygen atoms in total. The van der Waals surface area contributed by atoms with Crippen molar-refractivity contribution in [1.82, 2.24) is 4.90 Å². The number of nitrogens with zero attached hydrogens (tertiary/aromatic N) is 1. The highest BCUT2D eigenvalue weighted by atomic mass is 127. The van der Waals surface area contributed by atoms with Gasteiger partial charge in [-0.3, -0.25) is 0 Å². The van der Waals surface area contributed by atoms with Crippen molar-refractivity contribution in [1.29, 1.82) is 0 Å². The van der Waals surface area contributed by atoms with Gasteiger partial charge in [-0.15, -0.1) is 0 Å². The summed E-state index contributed by atoms with van der Waals surface area (Å²) in [5, 5.41) is 0. The molecule has 0 aliphatic heterocycles. The quantitative estimate of drug-likeness (QED) is 0.548. The highest BCUT2D eigenvalue weighted by Crippen LogP contribution is 2.10. The van der Waals surface area contributed by atoms with Crippen molar-refractivity contribution in [3.05, 3.63) is 0 Å². The maximum Gasteiger partial charge on any atom is 0.0123 e. The first kappa shape index (κ1) is 11.7. The SMILES string of the molecule is CC(C)[C@H](C)CN(C)CCI. The zero-order valence-corrected chi connectivity index (χ0v) is 10.3. The maximum absolute atomic E-state index is 2.43. The van der Waals surface area contributed by atoms with E-state index in [2.05, 4.69) is 55.3 Å². The minimum Gasteiger partial charge on any atom is -0.305 e. The van der Waals surface area contributed by atoms with Crippen LogP contribution in [0.15, 0.2) is 0 Å². The second kappa shape index (κ2) is 6.23. The third-order valence-electron chi connectivity index (χ3n) is 2.20. The van der Waals surface area contributed by atoms with E-state index in [0.29, 0.717) is 0 Å². The zero-order chi connectivity index (χ0) is 8.85. The van der Waals surface area contributed by atoms with E-state index < -0.39 is 0 Å². The fourth-order valence-corrected chi connectivity index (χ4v) is 1.76. The second-order valence-electron chi connectivity index (χ2n) is 3.67. The normalized spacial score (nSPS) is 14.5. The lowest BCUT2D eigenvalue weighted by Gasteiger charge is -2.22. The van der Waals surface area contributed by atoms with Crippen LogP contribution in [0.2, 0.25) is 0 Å². The van der Waals surface area contributed by atoms with Crippen molar-refractivity contribution in [3.63, 3.8) is 0 Å². The van der Waals surface area contributed by atoms with E-state index in [9.17, 15) is 0 Å². The monoisotopic (exact) mass is 269 g/mol. The first-order chi connectivity index (χ1) is 5.07. The fraction of sp³-hybridized carbons (Fsp3) is 1.00. The minimum atomic E-state index is 0.812. The van der Waals surface area contributed by atoms with Crippen LogP contribution in [0, 0.1) is 11.8 Å². The Kier molecular flexibility index (Phi) is 6.62. The van der Waals surface area contributed by atoms with Gasteiger partial charge in [-0.05, 0) is 18.9 Å². The molecular weight excluding hydrogens is 249 g/mol. The van der Waals surface area contributed by atoms with Gasteiger partial charge in [-0.1, -0.05) is 43.4 Å². The zero-order valence-electron chi connectivity index (χ0n) is 8.10. The summed E-state index contributed by atoms with van der Waals surface area (Å²) >= 11 is 2.43. The molecule has 0 saturated carbocycles. The summed E-state index contributed by atoms with van der Waals surface area (Å²) in [5.41, 5.74) is 0. The standard InChI is InChI=1S/C9H20IN/c1-8(2)9(3)7-11(4)6-5-10/h8-9H,5-7H2,1-4H3/t9-/m1/s1. The lowest BCUT2D eigenvalue weighted by atomic mass is 9.98. The van der Waals surface area contributed by atoms with Gasteiger partial charge in [0.05, 0.1) is 0 Å². The Bertz CT molecular complexity index is 93.6. The van der Waals surface area contributed by atoms with E-state index in [1.165, 1.54) is 17.5 Å². The van der Waals surface area contributed by atoms with Crippen molar-refractivity contribution in [2.75, 3.05) is 24.6 Å². The third kappa shape index (κ3) is 5.91. The molecule has 0 aromatic rings. The van der Waals surface area contributed by atoms with Crippen LogP contribution in [-0.4, -0.2) is 29.5 Å². The van der Waals surface area contributed by atoms with Crippen LogP contribution in [0.5, 0.6) is 0 Å². The molecular formula is C9H20IN. The molecule has 0 rings (SSSR count). The van der Waals surface area contributed by atoms with Gasteiger partial charge in [0.1, 0.15) is 0 Å². The molecule has 0 heterocycles. The lowest BCUT2D eigenvalue weighted by molar-refractivity contribution is 0.261. The Balaban J connectivity index is 3.48. The predicted octanol–water partition coefficient (Wildman–Crippen LogP) is 2.65. The van der Waals surface area contributed by atoms with Crippen molar-refractivity contribution < 1.29 is 0 Å². The molecule has 0 aliphatic carbocycles. The van der Waals surface area contributed by atoms with Gasteiger partial charge in [-0.25, -0.2) is 0 Å². The van der Waals surface area contributed by atoms with Crippen LogP contribution in [0.4, 0.5) is 0 Å². The van der Waals surface area contributed by atoms with Crippen LogP contribution in [0.3, 0.4) is 0 Å². The van der Waals surface area contributed by atoms with E-state index in [1.807, 2.05) is 0 Å². The van der Waals surface area contributed by atoms with Crippen LogP contribution >= 0.6 is 22.6 Å². The van der Waals surface area contributed by atoms with Crippen LogP contribution in [0.25, 0.3) is 0 Å². The molecule has 2 heteroatoms. The van der Waals surface area contributed by atoms with E-state index >= 15 is 0 Å². The average Bonchev–Trinajstić information content (AvgIpc) is 1.87. The number of hydrogen-bond donors (Lipinski definition) is 0. The van der Waals surface area contributed by atoms with E-state index in [1.54, 1.807) is 0 Å². The van der Waals surface area contributed by atoms with Gasteiger partial charge in [0.2, 0.25) is 0 Å². The highest BCUT2D eigenvalue weighted by Gasteiger charge is 2.08. The molecule has 0 radical (unpaired) electrons. The molecule has 68 valence electrons. The van der Waals surface area contributed by atoms with Crippen LogP contribution in [0.1, 0.15) is 20.8 Å². The Morgan fingerprint density at radius 2 is 1.82 bits per heavy atom. The molecule has 0 N–H and O–H groups in total. The molecule has 0 fully saturated rings. The summed E-state index contributed by atoms with van der Waals surface area (Å²) in [4.78, 5) is 2.41. The summed E-state index contributed by atoms with van der Waals surface area (Å²) in [7, 11) is 2.21. The predicted molar refractivity (Wildman–Crippen MR) is 60.4 cm³/mol. The summed E-state index contributed by atoms with van der Waals surface area (Å²) < 4.78 is 1.24. The number of rotatable bonds is 5. The summed E-state index contributed by atoms with van der Waals surface area (Å²) in [6, 6.07) is 0. The Labute approximate surface area is 84.7 Å². The smallest absolute Gasteiger partial charge is 0.0123 e. The molecule has 0 aromatic heterocycles. The molecule has 0 amide bonds. The van der Waals surface area contributed by atoms with E-state index in [4.69, 9.17) is 0 Å². The van der Waals surface area contributed by atoms with Gasteiger partial charge >= 0.3 is 0 Å². The number of alkyl halides is 1. The molecule has 1 atom stereocenters. The van der Waals surface area contributed by atoms with Gasteiger partial charge in [0.15, 0.2) is 0 Å². The molecule has 0 spiro atoms. The number of hydrogen-bond acceptors (Lipinski definition) is 1. The summed E-state index contributed by atoms with van der Waals surface area (Å²) in [6.45, 7) is 9.37. The minimum absolute atomic E-state index is 0.812. The van der Waals surface area contributed by atoms with Gasteiger partial charge in [0.25, 0.3) is 0 Å². The topological polar surface area (TPSA) is 3.24 Å². The van der Waals surface area contributed by atoms with Gasteiger partial charge in [-0.2, -0.15) is 0 Å². The third-order valence-corrected chi connectivity index (χ3v) is 2.69.